The molecule has 1 heterocycles. The fourth-order valence-electron chi connectivity index (χ4n) is 2.00. The van der Waals surface area contributed by atoms with Crippen LogP contribution in [0.1, 0.15) is 46.0 Å². The highest BCUT2D eigenvalue weighted by Gasteiger charge is 2.30. The summed E-state index contributed by atoms with van der Waals surface area (Å²) < 4.78 is 5.63. The highest BCUT2D eigenvalue weighted by atomic mass is 32.2. The lowest BCUT2D eigenvalue weighted by Crippen LogP contribution is -3.06. The van der Waals surface area contributed by atoms with Gasteiger partial charge in [-0.25, -0.2) is 0 Å². The van der Waals surface area contributed by atoms with Crippen molar-refractivity contribution in [3.8, 4) is 6.07 Å². The molecule has 1 rings (SSSR count). The minimum atomic E-state index is -0.876. The lowest BCUT2D eigenvalue weighted by atomic mass is 9.90. The van der Waals surface area contributed by atoms with Crippen LogP contribution in [-0.4, -0.2) is 41.5 Å². The van der Waals surface area contributed by atoms with E-state index in [0.29, 0.717) is 11.1 Å². The van der Waals surface area contributed by atoms with Crippen LogP contribution in [0.15, 0.2) is 9.64 Å². The molecule has 0 spiro atoms. The standard InChI is InChI=1S/C15H25N5O2S/c1-7-11(20(5)6)13-18-19-14(22-13)23-8-12(21)17-15(4,9-16)10(2)3/h10-11H,7-8H2,1-6H3,(H,17,21)/p+1/t11-,15+/m0/s1. The van der Waals surface area contributed by atoms with Gasteiger partial charge in [-0.15, -0.1) is 10.2 Å². The molecule has 23 heavy (non-hydrogen) atoms. The van der Waals surface area contributed by atoms with Crippen LogP contribution in [0.4, 0.5) is 0 Å². The fourth-order valence-corrected chi connectivity index (χ4v) is 2.57. The first-order valence-electron chi connectivity index (χ1n) is 7.72. The second kappa shape index (κ2) is 8.31. The Morgan fingerprint density at radius 2 is 2.13 bits per heavy atom. The third-order valence-corrected chi connectivity index (χ3v) is 4.76. The van der Waals surface area contributed by atoms with E-state index in [9.17, 15) is 10.1 Å². The van der Waals surface area contributed by atoms with Gasteiger partial charge in [0.1, 0.15) is 5.54 Å². The largest absolute Gasteiger partial charge is 0.410 e. The van der Waals surface area contributed by atoms with Gasteiger partial charge in [0.25, 0.3) is 11.1 Å². The molecule has 2 N–H and O–H groups in total. The van der Waals surface area contributed by atoms with Crippen LogP contribution in [-0.2, 0) is 4.79 Å². The minimum Gasteiger partial charge on any atom is -0.410 e. The highest BCUT2D eigenvalue weighted by Crippen LogP contribution is 2.20. The second-order valence-electron chi connectivity index (χ2n) is 6.25. The van der Waals surface area contributed by atoms with Gasteiger partial charge in [-0.2, -0.15) is 5.26 Å². The monoisotopic (exact) mass is 340 g/mol. The van der Waals surface area contributed by atoms with Gasteiger partial charge in [-0.05, 0) is 12.8 Å². The van der Waals surface area contributed by atoms with Crippen LogP contribution in [0.25, 0.3) is 0 Å². The normalized spacial score (nSPS) is 15.3. The van der Waals surface area contributed by atoms with Crippen LogP contribution in [0.2, 0.25) is 0 Å². The van der Waals surface area contributed by atoms with Crippen molar-refractivity contribution in [1.29, 1.82) is 5.26 Å². The number of nitrogens with one attached hydrogen (secondary N) is 2. The third kappa shape index (κ3) is 5.22. The molecule has 0 unspecified atom stereocenters. The van der Waals surface area contributed by atoms with Crippen LogP contribution < -0.4 is 10.2 Å². The predicted molar refractivity (Wildman–Crippen MR) is 87.9 cm³/mol. The molecule has 7 nitrogen and oxygen atoms in total. The van der Waals surface area contributed by atoms with Crippen LogP contribution in [0.3, 0.4) is 0 Å². The van der Waals surface area contributed by atoms with Gasteiger partial charge in [0.15, 0.2) is 6.04 Å². The zero-order valence-corrected chi connectivity index (χ0v) is 15.5. The van der Waals surface area contributed by atoms with Gasteiger partial charge in [0, 0.05) is 6.42 Å². The smallest absolute Gasteiger partial charge is 0.277 e. The SMILES string of the molecule is CC[C@@H](c1nnc(SCC(=O)N[C@](C)(C#N)C(C)C)o1)[NH+](C)C. The molecule has 0 aliphatic rings. The molecule has 1 aromatic heterocycles. The van der Waals surface area contributed by atoms with Crippen molar-refractivity contribution in [2.24, 2.45) is 5.92 Å². The molecule has 8 heteroatoms. The molecule has 0 bridgehead atoms. The molecule has 0 saturated carbocycles. The van der Waals surface area contributed by atoms with E-state index in [2.05, 4.69) is 28.5 Å². The Labute approximate surface area is 141 Å². The van der Waals surface area contributed by atoms with Crippen molar-refractivity contribution in [1.82, 2.24) is 15.5 Å². The zero-order valence-electron chi connectivity index (χ0n) is 14.6. The maximum Gasteiger partial charge on any atom is 0.277 e. The first-order chi connectivity index (χ1) is 10.7. The topological polar surface area (TPSA) is 96.2 Å². The summed E-state index contributed by atoms with van der Waals surface area (Å²) in [5, 5.41) is 20.4. The van der Waals surface area contributed by atoms with Crippen molar-refractivity contribution in [3.63, 3.8) is 0 Å². The Morgan fingerprint density at radius 1 is 1.48 bits per heavy atom. The van der Waals surface area contributed by atoms with E-state index in [-0.39, 0.29) is 23.6 Å². The molecule has 1 aromatic rings. The number of rotatable bonds is 8. The fraction of sp³-hybridized carbons (Fsp3) is 0.733. The Kier molecular flexibility index (Phi) is 7.03. The maximum absolute atomic E-state index is 12.0. The molecule has 2 atom stereocenters. The molecular weight excluding hydrogens is 314 g/mol. The van der Waals surface area contributed by atoms with Crippen molar-refractivity contribution in [2.45, 2.75) is 50.9 Å². The van der Waals surface area contributed by atoms with E-state index < -0.39 is 5.54 Å². The first-order valence-corrected chi connectivity index (χ1v) is 8.70. The lowest BCUT2D eigenvalue weighted by molar-refractivity contribution is -0.894. The van der Waals surface area contributed by atoms with Gasteiger partial charge >= 0.3 is 0 Å². The van der Waals surface area contributed by atoms with E-state index in [1.165, 1.54) is 16.7 Å². The molecule has 0 aliphatic heterocycles. The Morgan fingerprint density at radius 3 is 2.61 bits per heavy atom. The van der Waals surface area contributed by atoms with E-state index in [1.54, 1.807) is 6.92 Å². The number of amides is 1. The van der Waals surface area contributed by atoms with Crippen molar-refractivity contribution in [3.05, 3.63) is 5.89 Å². The average Bonchev–Trinajstić information content (AvgIpc) is 2.93. The number of nitriles is 1. The van der Waals surface area contributed by atoms with E-state index >= 15 is 0 Å². The average molecular weight is 340 g/mol. The summed E-state index contributed by atoms with van der Waals surface area (Å²) in [5.74, 6) is 0.513. The van der Waals surface area contributed by atoms with Gasteiger partial charge in [0.05, 0.1) is 25.9 Å². The van der Waals surface area contributed by atoms with E-state index in [4.69, 9.17) is 4.42 Å². The summed E-state index contributed by atoms with van der Waals surface area (Å²) in [4.78, 5) is 13.2. The van der Waals surface area contributed by atoms with Crippen LogP contribution in [0, 0.1) is 17.2 Å². The Bertz CT molecular complexity index is 566. The van der Waals surface area contributed by atoms with Crippen LogP contribution in [0.5, 0.6) is 0 Å². The van der Waals surface area contributed by atoms with Gasteiger partial charge in [-0.1, -0.05) is 32.5 Å². The Balaban J connectivity index is 2.61. The molecule has 0 aliphatic carbocycles. The summed E-state index contributed by atoms with van der Waals surface area (Å²) >= 11 is 1.18. The number of hydrogen-bond donors (Lipinski definition) is 2. The van der Waals surface area contributed by atoms with Crippen molar-refractivity contribution in [2.75, 3.05) is 19.8 Å². The van der Waals surface area contributed by atoms with Gasteiger partial charge in [0.2, 0.25) is 5.91 Å². The van der Waals surface area contributed by atoms with Crippen molar-refractivity contribution < 1.29 is 14.1 Å². The highest BCUT2D eigenvalue weighted by molar-refractivity contribution is 7.99. The third-order valence-electron chi connectivity index (χ3n) is 3.94. The van der Waals surface area contributed by atoms with E-state index in [0.717, 1.165) is 6.42 Å². The quantitative estimate of drug-likeness (QED) is 0.680. The molecule has 128 valence electrons. The summed E-state index contributed by atoms with van der Waals surface area (Å²) in [6, 6.07) is 2.30. The van der Waals surface area contributed by atoms with Gasteiger partial charge in [-0.3, -0.25) is 4.79 Å². The molecule has 0 fully saturated rings. The van der Waals surface area contributed by atoms with Crippen molar-refractivity contribution >= 4 is 17.7 Å². The molecular formula is C15H26N5O2S+. The number of hydrogen-bond acceptors (Lipinski definition) is 6. The zero-order chi connectivity index (χ0) is 17.6. The van der Waals surface area contributed by atoms with Gasteiger partial charge < -0.3 is 14.6 Å². The molecule has 1 amide bonds. The molecule has 0 aromatic carbocycles. The Hall–Kier alpha value is -1.59. The summed E-state index contributed by atoms with van der Waals surface area (Å²) in [5.41, 5.74) is -0.876. The summed E-state index contributed by atoms with van der Waals surface area (Å²) in [7, 11) is 4.07. The van der Waals surface area contributed by atoms with E-state index in [1.807, 2.05) is 27.9 Å². The maximum atomic E-state index is 12.0. The number of aromatic nitrogens is 2. The number of carbonyl (C=O) groups is 1. The predicted octanol–water partition coefficient (Wildman–Crippen LogP) is 0.812. The molecule has 0 saturated heterocycles. The first kappa shape index (κ1) is 19.5. The van der Waals surface area contributed by atoms with Crippen LogP contribution >= 0.6 is 11.8 Å². The second-order valence-corrected chi connectivity index (χ2v) is 7.18. The summed E-state index contributed by atoms with van der Waals surface area (Å²) in [6.45, 7) is 7.58. The minimum absolute atomic E-state index is 0.0184. The number of nitrogens with zero attached hydrogens (tertiary/aromatic N) is 3. The number of carbonyl (C=O) groups excluding carboxylic acids is 1. The number of thioether (sulfide) groups is 1. The lowest BCUT2D eigenvalue weighted by Gasteiger charge is -2.27. The summed E-state index contributed by atoms with van der Waals surface area (Å²) in [6.07, 6.45) is 0.893. The number of quaternary nitrogens is 1. The molecule has 0 radical (unpaired) electrons.